The van der Waals surface area contributed by atoms with Gasteiger partial charge in [0.25, 0.3) is 0 Å². The lowest BCUT2D eigenvalue weighted by Crippen LogP contribution is -2.20. The molecule has 1 aromatic carbocycles. The first kappa shape index (κ1) is 20.8. The fraction of sp³-hybridized carbons (Fsp3) is 0.118. The first-order valence-corrected chi connectivity index (χ1v) is 7.42. The number of nitrogens with zero attached hydrogens (tertiary/aromatic N) is 3. The Labute approximate surface area is 154 Å². The zero-order valence-electron chi connectivity index (χ0n) is 13.8. The number of amidine groups is 1. The molecule has 0 fully saturated rings. The molecular formula is C17H11F6N5. The Hall–Kier alpha value is -3.55. The van der Waals surface area contributed by atoms with Crippen molar-refractivity contribution in [3.63, 3.8) is 0 Å². The van der Waals surface area contributed by atoms with Gasteiger partial charge in [0, 0.05) is 18.0 Å². The monoisotopic (exact) mass is 399 g/mol. The van der Waals surface area contributed by atoms with Crippen LogP contribution in [0.2, 0.25) is 0 Å². The summed E-state index contributed by atoms with van der Waals surface area (Å²) in [6.45, 7) is 0. The number of hydrogen-bond donors (Lipinski definition) is 2. The van der Waals surface area contributed by atoms with Gasteiger partial charge in [-0.3, -0.25) is 10.4 Å². The van der Waals surface area contributed by atoms with Crippen molar-refractivity contribution in [2.75, 3.05) is 0 Å². The first-order chi connectivity index (χ1) is 13.0. The predicted molar refractivity (Wildman–Crippen MR) is 88.1 cm³/mol. The molecule has 2 aromatic rings. The lowest BCUT2D eigenvalue weighted by atomic mass is 10.0. The SMILES string of the molecule is N#C/C(=C\N/N=C(\N)c1cc(C(F)(F)F)cc(C(F)(F)F)c1)c1ccccn1. The molecule has 0 unspecified atom stereocenters. The van der Waals surface area contributed by atoms with E-state index >= 15 is 0 Å². The number of nitrogens with two attached hydrogens (primary N) is 1. The predicted octanol–water partition coefficient (Wildman–Crippen LogP) is 3.89. The lowest BCUT2D eigenvalue weighted by Gasteiger charge is -2.13. The molecule has 1 heterocycles. The minimum Gasteiger partial charge on any atom is -0.382 e. The van der Waals surface area contributed by atoms with Crippen molar-refractivity contribution in [3.8, 4) is 6.07 Å². The van der Waals surface area contributed by atoms with Gasteiger partial charge in [0.2, 0.25) is 0 Å². The number of hydrogen-bond acceptors (Lipinski definition) is 4. The van der Waals surface area contributed by atoms with Crippen LogP contribution in [-0.2, 0) is 12.4 Å². The summed E-state index contributed by atoms with van der Waals surface area (Å²) in [6, 6.07) is 7.46. The highest BCUT2D eigenvalue weighted by molar-refractivity contribution is 5.97. The minimum absolute atomic E-state index is 0.0149. The summed E-state index contributed by atoms with van der Waals surface area (Å²) in [7, 11) is 0. The maximum absolute atomic E-state index is 12.9. The molecule has 0 bridgehead atoms. The zero-order valence-corrected chi connectivity index (χ0v) is 13.8. The van der Waals surface area contributed by atoms with Gasteiger partial charge in [-0.1, -0.05) is 6.07 Å². The Morgan fingerprint density at radius 3 is 2.14 bits per heavy atom. The van der Waals surface area contributed by atoms with Crippen molar-refractivity contribution in [2.24, 2.45) is 10.8 Å². The summed E-state index contributed by atoms with van der Waals surface area (Å²) >= 11 is 0. The van der Waals surface area contributed by atoms with Crippen LogP contribution in [-0.4, -0.2) is 10.8 Å². The van der Waals surface area contributed by atoms with Gasteiger partial charge in [0.05, 0.1) is 22.4 Å². The highest BCUT2D eigenvalue weighted by atomic mass is 19.4. The Morgan fingerprint density at radius 1 is 1.07 bits per heavy atom. The van der Waals surface area contributed by atoms with Crippen LogP contribution in [0.5, 0.6) is 0 Å². The number of rotatable bonds is 4. The number of benzene rings is 1. The van der Waals surface area contributed by atoms with E-state index in [0.29, 0.717) is 12.1 Å². The molecule has 0 aliphatic heterocycles. The Bertz CT molecular complexity index is 907. The van der Waals surface area contributed by atoms with E-state index in [4.69, 9.17) is 11.0 Å². The number of aromatic nitrogens is 1. The van der Waals surface area contributed by atoms with Crippen LogP contribution in [0.4, 0.5) is 26.3 Å². The van der Waals surface area contributed by atoms with E-state index in [1.54, 1.807) is 12.1 Å². The van der Waals surface area contributed by atoms with Crippen molar-refractivity contribution in [1.82, 2.24) is 10.4 Å². The molecule has 0 saturated heterocycles. The molecule has 3 N–H and O–H groups in total. The van der Waals surface area contributed by atoms with Gasteiger partial charge >= 0.3 is 12.4 Å². The molecular weight excluding hydrogens is 388 g/mol. The van der Waals surface area contributed by atoms with Crippen molar-refractivity contribution in [2.45, 2.75) is 12.4 Å². The molecule has 5 nitrogen and oxygen atoms in total. The van der Waals surface area contributed by atoms with Gasteiger partial charge in [-0.2, -0.15) is 36.7 Å². The molecule has 11 heteroatoms. The zero-order chi connectivity index (χ0) is 20.9. The molecule has 0 saturated carbocycles. The average Bonchev–Trinajstić information content (AvgIpc) is 2.64. The average molecular weight is 399 g/mol. The third-order valence-electron chi connectivity index (χ3n) is 3.34. The molecule has 28 heavy (non-hydrogen) atoms. The van der Waals surface area contributed by atoms with Crippen molar-refractivity contribution in [1.29, 1.82) is 5.26 Å². The smallest absolute Gasteiger partial charge is 0.382 e. The third kappa shape index (κ3) is 5.23. The molecule has 0 aliphatic carbocycles. The second-order valence-electron chi connectivity index (χ2n) is 5.31. The van der Waals surface area contributed by atoms with Crippen LogP contribution in [0.3, 0.4) is 0 Å². The van der Waals surface area contributed by atoms with Crippen LogP contribution in [0.15, 0.2) is 53.9 Å². The summed E-state index contributed by atoms with van der Waals surface area (Å²) in [6.07, 6.45) is -7.51. The quantitative estimate of drug-likeness (QED) is 0.269. The van der Waals surface area contributed by atoms with E-state index in [1.165, 1.54) is 12.3 Å². The second kappa shape index (κ2) is 7.99. The maximum Gasteiger partial charge on any atom is 0.416 e. The molecule has 0 radical (unpaired) electrons. The van der Waals surface area contributed by atoms with E-state index in [9.17, 15) is 26.3 Å². The molecule has 0 atom stereocenters. The molecule has 1 aromatic heterocycles. The van der Waals surface area contributed by atoms with Gasteiger partial charge in [-0.15, -0.1) is 0 Å². The summed E-state index contributed by atoms with van der Waals surface area (Å²) in [5.41, 5.74) is 4.43. The van der Waals surface area contributed by atoms with E-state index in [0.717, 1.165) is 6.20 Å². The van der Waals surface area contributed by atoms with Crippen LogP contribution < -0.4 is 11.2 Å². The Balaban J connectivity index is 2.36. The number of nitriles is 1. The molecule has 0 spiro atoms. The van der Waals surface area contributed by atoms with E-state index in [2.05, 4.69) is 15.5 Å². The largest absolute Gasteiger partial charge is 0.416 e. The van der Waals surface area contributed by atoms with Gasteiger partial charge in [0.15, 0.2) is 5.84 Å². The molecule has 2 rings (SSSR count). The number of hydrazone groups is 1. The summed E-state index contributed by atoms with van der Waals surface area (Å²) in [5.74, 6) is -0.633. The summed E-state index contributed by atoms with van der Waals surface area (Å²) in [5, 5.41) is 12.6. The van der Waals surface area contributed by atoms with Crippen LogP contribution in [0.1, 0.15) is 22.4 Å². The number of nitrogens with one attached hydrogen (secondary N) is 1. The number of allylic oxidation sites excluding steroid dienone is 1. The summed E-state index contributed by atoms with van der Waals surface area (Å²) in [4.78, 5) is 3.92. The highest BCUT2D eigenvalue weighted by Gasteiger charge is 2.37. The standard InChI is InChI=1S/C17H11F6N5/c18-16(19,20)12-5-10(6-13(7-12)17(21,22)23)15(25)28-27-9-11(8-24)14-3-1-2-4-26-14/h1-7,9,27H,(H2,25,28)/b11-9+. The topological polar surface area (TPSA) is 87.1 Å². The van der Waals surface area contributed by atoms with E-state index in [1.807, 2.05) is 6.07 Å². The number of pyridine rings is 1. The van der Waals surface area contributed by atoms with Crippen molar-refractivity contribution in [3.05, 3.63) is 71.2 Å². The van der Waals surface area contributed by atoms with Crippen LogP contribution in [0, 0.1) is 11.3 Å². The molecule has 0 amide bonds. The maximum atomic E-state index is 12.9. The van der Waals surface area contributed by atoms with Crippen LogP contribution >= 0.6 is 0 Å². The van der Waals surface area contributed by atoms with Crippen LogP contribution in [0.25, 0.3) is 5.57 Å². The van der Waals surface area contributed by atoms with E-state index in [-0.39, 0.29) is 17.3 Å². The first-order valence-electron chi connectivity index (χ1n) is 7.42. The normalized spacial score (nSPS) is 13.2. The molecule has 0 aliphatic rings. The third-order valence-corrected chi connectivity index (χ3v) is 3.34. The minimum atomic E-state index is -5.00. The van der Waals surface area contributed by atoms with Gasteiger partial charge in [-0.25, -0.2) is 0 Å². The second-order valence-corrected chi connectivity index (χ2v) is 5.31. The van der Waals surface area contributed by atoms with Gasteiger partial charge in [-0.05, 0) is 30.3 Å². The van der Waals surface area contributed by atoms with E-state index < -0.39 is 34.9 Å². The fourth-order valence-corrected chi connectivity index (χ4v) is 2.02. The number of halogens is 6. The fourth-order valence-electron chi connectivity index (χ4n) is 2.02. The van der Waals surface area contributed by atoms with Gasteiger partial charge < -0.3 is 5.73 Å². The highest BCUT2D eigenvalue weighted by Crippen LogP contribution is 2.36. The molecule has 146 valence electrons. The van der Waals surface area contributed by atoms with Gasteiger partial charge in [0.1, 0.15) is 6.07 Å². The number of alkyl halides is 6. The summed E-state index contributed by atoms with van der Waals surface area (Å²) < 4.78 is 77.2. The van der Waals surface area contributed by atoms with Crippen molar-refractivity contribution >= 4 is 11.4 Å². The Morgan fingerprint density at radius 2 is 1.68 bits per heavy atom. The Kier molecular flexibility index (Phi) is 5.93. The van der Waals surface area contributed by atoms with Crippen molar-refractivity contribution < 1.29 is 26.3 Å². The lowest BCUT2D eigenvalue weighted by molar-refractivity contribution is -0.143.